The molecule has 0 heterocycles. The number of aryl methyl sites for hydroxylation is 2. The van der Waals surface area contributed by atoms with Crippen molar-refractivity contribution < 1.29 is 92.6 Å². The molecule has 0 radical (unpaired) electrons. The Morgan fingerprint density at radius 2 is 0.577 bits per heavy atom. The Morgan fingerprint density at radius 1 is 0.338 bits per heavy atom. The zero-order valence-corrected chi connectivity index (χ0v) is 36.8. The highest BCUT2D eigenvalue weighted by Gasteiger charge is 2.52. The van der Waals surface area contributed by atoms with Gasteiger partial charge >= 0.3 is 0 Å². The van der Waals surface area contributed by atoms with Crippen molar-refractivity contribution in [2.75, 3.05) is 5.75 Å². The van der Waals surface area contributed by atoms with Gasteiger partial charge in [0.15, 0.2) is 85.4 Å². The maximum atomic E-state index is 15.4. The number of Topliss-reactive ketones (excluding diaryl/α,β-unsaturated/α-hetero) is 1. The van der Waals surface area contributed by atoms with E-state index < -0.39 is 144 Å². The largest absolute Gasteiger partial charge is 0.289 e. The lowest BCUT2D eigenvalue weighted by Gasteiger charge is -2.44. The van der Waals surface area contributed by atoms with E-state index >= 15 is 35.1 Å². The zero-order chi connectivity index (χ0) is 53.0. The summed E-state index contributed by atoms with van der Waals surface area (Å²) in [6.45, 7) is 8.62. The fraction of sp³-hybridized carbons (Fsp3) is 0.104. The van der Waals surface area contributed by atoms with Gasteiger partial charge in [0.1, 0.15) is 52.7 Å². The monoisotopic (exact) mass is 1040 g/mol. The third kappa shape index (κ3) is 8.68. The van der Waals surface area contributed by atoms with Crippen molar-refractivity contribution in [2.45, 2.75) is 37.5 Å². The van der Waals surface area contributed by atoms with Gasteiger partial charge in [-0.05, 0) is 51.0 Å². The van der Waals surface area contributed by atoms with Crippen molar-refractivity contribution in [3.05, 3.63) is 211 Å². The molecule has 1 nitrogen and oxygen atoms in total. The first kappa shape index (κ1) is 53.6. The molecule has 0 unspecified atom stereocenters. The molecule has 0 bridgehead atoms. The Morgan fingerprint density at radius 3 is 0.831 bits per heavy atom. The van der Waals surface area contributed by atoms with Crippen molar-refractivity contribution in [1.29, 1.82) is 0 Å². The molecule has 0 aromatic heterocycles. The highest BCUT2D eigenvalue weighted by molar-refractivity contribution is 7.97. The van der Waals surface area contributed by atoms with Gasteiger partial charge in [0.25, 0.3) is 0 Å². The van der Waals surface area contributed by atoms with Crippen LogP contribution in [0.5, 0.6) is 0 Å². The maximum absolute atomic E-state index is 15.4. The molecule has 0 N–H and O–H groups in total. The van der Waals surface area contributed by atoms with Gasteiger partial charge in [-0.2, -0.15) is 0 Å². The molecule has 0 saturated carbocycles. The van der Waals surface area contributed by atoms with Crippen LogP contribution in [0.2, 0.25) is 0 Å². The average molecular weight is 1040 g/mol. The number of hydrogen-bond donors (Lipinski definition) is 0. The van der Waals surface area contributed by atoms with Gasteiger partial charge < -0.3 is 0 Å². The van der Waals surface area contributed by atoms with Crippen molar-refractivity contribution >= 4 is 44.7 Å². The SMILES string of the molecule is Cc1cccc([S+](CC(=O)c2ccccc2)c2cccc(C)c2C)c1C.Fc1c(F)c(F)c([B-](c2c(F)c(F)c(F)c(F)c2F)(c2c(F)c(F)c(F)c(F)c2F)c2c(F)c(F)c(F)c(F)c2F)c(F)c1F. The summed E-state index contributed by atoms with van der Waals surface area (Å²) in [7, 11) is -0.275. The van der Waals surface area contributed by atoms with Gasteiger partial charge in [0, 0.05) is 16.7 Å². The number of carbonyl (C=O) groups excluding carboxylic acids is 1. The van der Waals surface area contributed by atoms with Crippen LogP contribution in [0, 0.1) is 144 Å². The van der Waals surface area contributed by atoms with E-state index in [0.717, 1.165) is 5.56 Å². The van der Waals surface area contributed by atoms with Crippen molar-refractivity contribution in [3.8, 4) is 0 Å². The average Bonchev–Trinajstić information content (AvgIpc) is 3.35. The van der Waals surface area contributed by atoms with Crippen LogP contribution in [-0.4, -0.2) is 17.7 Å². The van der Waals surface area contributed by atoms with E-state index in [1.807, 2.05) is 30.3 Å². The highest BCUT2D eigenvalue weighted by atomic mass is 32.2. The van der Waals surface area contributed by atoms with Crippen LogP contribution in [-0.2, 0) is 10.9 Å². The Labute approximate surface area is 390 Å². The van der Waals surface area contributed by atoms with Crippen molar-refractivity contribution in [3.63, 3.8) is 0 Å². The van der Waals surface area contributed by atoms with Crippen LogP contribution in [0.3, 0.4) is 0 Å². The summed E-state index contributed by atoms with van der Waals surface area (Å²) in [5.74, 6) is -70.7. The first-order chi connectivity index (χ1) is 33.2. The maximum Gasteiger partial charge on any atom is 0.212 e. The van der Waals surface area contributed by atoms with Crippen LogP contribution in [0.15, 0.2) is 76.5 Å². The Hall–Kier alpha value is -6.78. The topological polar surface area (TPSA) is 17.1 Å². The van der Waals surface area contributed by atoms with Crippen LogP contribution >= 0.6 is 0 Å². The second-order valence-corrected chi connectivity index (χ2v) is 17.5. The molecule has 0 atom stereocenters. The zero-order valence-electron chi connectivity index (χ0n) is 36.0. The molecule has 0 fully saturated rings. The number of halogens is 20. The van der Waals surface area contributed by atoms with Crippen LogP contribution in [0.25, 0.3) is 0 Å². The van der Waals surface area contributed by atoms with E-state index in [4.69, 9.17) is 0 Å². The lowest BCUT2D eigenvalue weighted by Crippen LogP contribution is -2.81. The number of benzene rings is 7. The smallest absolute Gasteiger partial charge is 0.212 e. The van der Waals surface area contributed by atoms with Gasteiger partial charge in [0.2, 0.25) is 5.78 Å². The van der Waals surface area contributed by atoms with E-state index in [-0.39, 0.29) is 16.7 Å². The molecule has 0 spiro atoms. The van der Waals surface area contributed by atoms with Crippen molar-refractivity contribution in [1.82, 2.24) is 0 Å². The van der Waals surface area contributed by atoms with E-state index in [1.54, 1.807) is 0 Å². The summed E-state index contributed by atoms with van der Waals surface area (Å²) >= 11 is 0. The van der Waals surface area contributed by atoms with Gasteiger partial charge in [-0.25, -0.2) is 87.8 Å². The van der Waals surface area contributed by atoms with Gasteiger partial charge in [0.05, 0.1) is 10.9 Å². The summed E-state index contributed by atoms with van der Waals surface area (Å²) in [5.41, 5.74) is -8.41. The predicted octanol–water partition coefficient (Wildman–Crippen LogP) is 11.7. The third-order valence-electron chi connectivity index (χ3n) is 11.7. The van der Waals surface area contributed by atoms with Gasteiger partial charge in [-0.15, -0.1) is 21.9 Å². The summed E-state index contributed by atoms with van der Waals surface area (Å²) in [5, 5.41) is 0. The standard InChI is InChI=1S/C24BF20.C24H25OS/c26-5-1(6(27)14(35)21(42)13(5)34)25(2-7(28)15(36)22(43)16(37)8(2)29,3-9(30)17(38)23(44)18(39)10(3)31)4-11(32)19(40)24(45)20(41)12(4)33;1-17-10-8-14-23(19(17)3)26(24-15-9-11-18(2)20(24)4)16-22(25)21-12-6-5-7-13-21/h;5-15H,16H2,1-4H3/q-1;+1. The van der Waals surface area contributed by atoms with Crippen LogP contribution in [0.1, 0.15) is 32.6 Å². The Bertz CT molecular complexity index is 2880. The molecule has 372 valence electrons. The summed E-state index contributed by atoms with van der Waals surface area (Å²) in [4.78, 5) is 15.6. The number of hydrogen-bond acceptors (Lipinski definition) is 1. The highest BCUT2D eigenvalue weighted by Crippen LogP contribution is 2.34. The minimum Gasteiger partial charge on any atom is -0.289 e. The van der Waals surface area contributed by atoms with Crippen LogP contribution < -0.4 is 21.9 Å². The molecule has 0 aliphatic carbocycles. The molecule has 7 aromatic carbocycles. The molecule has 23 heteroatoms. The number of rotatable bonds is 9. The Kier molecular flexibility index (Phi) is 15.2. The minimum atomic E-state index is -7.22. The molecular weight excluding hydrogens is 1020 g/mol. The molecule has 0 saturated heterocycles. The summed E-state index contributed by atoms with van der Waals surface area (Å²) in [6.07, 6.45) is -7.22. The van der Waals surface area contributed by atoms with E-state index in [1.165, 1.54) is 32.0 Å². The lowest BCUT2D eigenvalue weighted by atomic mass is 9.12. The van der Waals surface area contributed by atoms with Crippen LogP contribution in [0.4, 0.5) is 87.8 Å². The molecule has 7 aromatic rings. The molecule has 0 aliphatic heterocycles. The Balaban J connectivity index is 0.000000268. The first-order valence-electron chi connectivity index (χ1n) is 19.8. The second-order valence-electron chi connectivity index (χ2n) is 15.5. The molecule has 0 amide bonds. The molecule has 71 heavy (non-hydrogen) atoms. The normalized spacial score (nSPS) is 11.6. The lowest BCUT2D eigenvalue weighted by molar-refractivity contribution is 0.102. The molecular formula is C48H25BF20OS. The number of carbonyl (C=O) groups is 1. The quantitative estimate of drug-likeness (QED) is 0.0352. The second kappa shape index (κ2) is 20.1. The fourth-order valence-electron chi connectivity index (χ4n) is 7.97. The predicted molar refractivity (Wildman–Crippen MR) is 221 cm³/mol. The van der Waals surface area contributed by atoms with E-state index in [0.29, 0.717) is 5.75 Å². The molecule has 7 rings (SSSR count). The van der Waals surface area contributed by atoms with Gasteiger partial charge in [-0.1, -0.05) is 54.6 Å². The summed E-state index contributed by atoms with van der Waals surface area (Å²) in [6, 6.07) is 22.5. The third-order valence-corrected chi connectivity index (χ3v) is 14.2. The first-order valence-corrected chi connectivity index (χ1v) is 21.2. The van der Waals surface area contributed by atoms with Gasteiger partial charge in [-0.3, -0.25) is 4.79 Å². The van der Waals surface area contributed by atoms with E-state index in [9.17, 15) is 57.5 Å². The summed E-state index contributed by atoms with van der Waals surface area (Å²) < 4.78 is 294. The fourth-order valence-corrected chi connectivity index (χ4v) is 10.5. The number of ketones is 1. The van der Waals surface area contributed by atoms with E-state index in [2.05, 4.69) is 64.1 Å². The van der Waals surface area contributed by atoms with Crippen molar-refractivity contribution in [2.24, 2.45) is 0 Å². The minimum absolute atomic E-state index is 0.204. The molecule has 0 aliphatic rings.